The smallest absolute Gasteiger partial charge is 0.420 e. The highest BCUT2D eigenvalue weighted by molar-refractivity contribution is 5.95. The fraction of sp³-hybridized carbons (Fsp3) is 0.0714. The molecule has 0 aliphatic heterocycles. The van der Waals surface area contributed by atoms with Crippen molar-refractivity contribution >= 4 is 17.3 Å². The summed E-state index contributed by atoms with van der Waals surface area (Å²) in [6, 6.07) is 6.07. The Labute approximate surface area is 122 Å². The van der Waals surface area contributed by atoms with Crippen LogP contribution in [0, 0.1) is 0 Å². The van der Waals surface area contributed by atoms with Gasteiger partial charge in [-0.15, -0.1) is 0 Å². The zero-order valence-electron chi connectivity index (χ0n) is 10.8. The van der Waals surface area contributed by atoms with Crippen molar-refractivity contribution in [3.63, 3.8) is 0 Å². The second kappa shape index (κ2) is 5.47. The molecule has 2 aromatic rings. The lowest BCUT2D eigenvalue weighted by Gasteiger charge is -2.13. The third-order valence-electron chi connectivity index (χ3n) is 2.81. The summed E-state index contributed by atoms with van der Waals surface area (Å²) >= 11 is 0. The molecule has 2 aromatic carbocycles. The molecule has 0 atom stereocenters. The number of phenolic OH excluding ortho intramolecular Hbond substituents is 2. The lowest BCUT2D eigenvalue weighted by Crippen LogP contribution is -2.07. The number of nitrogens with one attached hydrogen (secondary N) is 1. The number of anilines is 2. The van der Waals surface area contributed by atoms with Crippen LogP contribution >= 0.6 is 0 Å². The van der Waals surface area contributed by atoms with Crippen molar-refractivity contribution in [1.29, 1.82) is 0 Å². The largest absolute Gasteiger partial charge is 0.508 e. The van der Waals surface area contributed by atoms with E-state index < -0.39 is 23.5 Å². The molecule has 116 valence electrons. The predicted molar refractivity (Wildman–Crippen MR) is 71.5 cm³/mol. The van der Waals surface area contributed by atoms with Gasteiger partial charge in [0.05, 0.1) is 16.8 Å². The van der Waals surface area contributed by atoms with Crippen molar-refractivity contribution in [2.75, 3.05) is 5.32 Å². The summed E-state index contributed by atoms with van der Waals surface area (Å²) in [5, 5.41) is 30.1. The monoisotopic (exact) mass is 313 g/mol. The van der Waals surface area contributed by atoms with Crippen molar-refractivity contribution in [3.8, 4) is 11.5 Å². The molecule has 0 amide bonds. The van der Waals surface area contributed by atoms with Crippen molar-refractivity contribution in [2.24, 2.45) is 0 Å². The summed E-state index contributed by atoms with van der Waals surface area (Å²) < 4.78 is 38.1. The topological polar surface area (TPSA) is 89.8 Å². The average molecular weight is 313 g/mol. The van der Waals surface area contributed by atoms with E-state index in [-0.39, 0.29) is 22.7 Å². The molecule has 2 rings (SSSR count). The van der Waals surface area contributed by atoms with Crippen molar-refractivity contribution in [2.45, 2.75) is 6.18 Å². The van der Waals surface area contributed by atoms with Gasteiger partial charge in [-0.05, 0) is 36.4 Å². The van der Waals surface area contributed by atoms with E-state index in [1.165, 1.54) is 18.2 Å². The van der Waals surface area contributed by atoms with Crippen LogP contribution in [0.2, 0.25) is 0 Å². The van der Waals surface area contributed by atoms with Crippen LogP contribution in [-0.4, -0.2) is 21.3 Å². The normalized spacial score (nSPS) is 11.2. The maximum Gasteiger partial charge on any atom is 0.420 e. The summed E-state index contributed by atoms with van der Waals surface area (Å²) in [6.45, 7) is 0. The maximum atomic E-state index is 12.7. The number of halogens is 3. The zero-order valence-corrected chi connectivity index (χ0v) is 10.8. The Morgan fingerprint density at radius 2 is 1.73 bits per heavy atom. The van der Waals surface area contributed by atoms with Crippen LogP contribution in [0.15, 0.2) is 36.4 Å². The van der Waals surface area contributed by atoms with Crippen LogP contribution in [0.25, 0.3) is 0 Å². The van der Waals surface area contributed by atoms with E-state index in [1.807, 2.05) is 0 Å². The minimum atomic E-state index is -4.74. The van der Waals surface area contributed by atoms with E-state index in [0.717, 1.165) is 12.1 Å². The van der Waals surface area contributed by atoms with Gasteiger partial charge in [0.1, 0.15) is 11.5 Å². The van der Waals surface area contributed by atoms with Gasteiger partial charge in [-0.3, -0.25) is 0 Å². The van der Waals surface area contributed by atoms with E-state index >= 15 is 0 Å². The predicted octanol–water partition coefficient (Wildman–Crippen LogP) is 3.56. The van der Waals surface area contributed by atoms with Crippen molar-refractivity contribution < 1.29 is 33.3 Å². The molecule has 0 saturated heterocycles. The Morgan fingerprint density at radius 3 is 2.32 bits per heavy atom. The van der Waals surface area contributed by atoms with Gasteiger partial charge in [-0.2, -0.15) is 13.2 Å². The Kier molecular flexibility index (Phi) is 3.85. The summed E-state index contributed by atoms with van der Waals surface area (Å²) in [7, 11) is 0. The maximum absolute atomic E-state index is 12.7. The molecular formula is C14H10F3NO4. The quantitative estimate of drug-likeness (QED) is 0.651. The number of phenols is 2. The van der Waals surface area contributed by atoms with Gasteiger partial charge in [-0.1, -0.05) is 0 Å². The molecule has 0 fully saturated rings. The van der Waals surface area contributed by atoms with E-state index in [4.69, 9.17) is 5.11 Å². The molecule has 0 saturated carbocycles. The fourth-order valence-electron chi connectivity index (χ4n) is 1.81. The number of hydrogen-bond donors (Lipinski definition) is 4. The standard InChI is InChI=1S/C14H10F3NO4/c15-14(16,17)10-5-7(1-4-12(10)20)18-11-3-2-8(19)6-9(11)13(21)22/h1-6,18-20H,(H,21,22). The third-order valence-corrected chi connectivity index (χ3v) is 2.81. The first-order valence-electron chi connectivity index (χ1n) is 5.92. The molecule has 0 unspecified atom stereocenters. The number of alkyl halides is 3. The van der Waals surface area contributed by atoms with Gasteiger partial charge in [0.15, 0.2) is 0 Å². The number of benzene rings is 2. The Bertz CT molecular complexity index is 729. The Morgan fingerprint density at radius 1 is 1.05 bits per heavy atom. The number of carboxylic acids is 1. The second-order valence-corrected chi connectivity index (χ2v) is 4.39. The molecule has 0 radical (unpaired) electrons. The van der Waals surface area contributed by atoms with Crippen molar-refractivity contribution in [3.05, 3.63) is 47.5 Å². The minimum absolute atomic E-state index is 0.00381. The number of aromatic hydroxyl groups is 2. The Balaban J connectivity index is 2.42. The summed E-state index contributed by atoms with van der Waals surface area (Å²) in [4.78, 5) is 11.1. The molecule has 4 N–H and O–H groups in total. The first kappa shape index (κ1) is 15.5. The molecule has 0 heterocycles. The summed E-state index contributed by atoms with van der Waals surface area (Å²) in [5.74, 6) is -2.57. The zero-order chi connectivity index (χ0) is 16.5. The highest BCUT2D eigenvalue weighted by Gasteiger charge is 2.34. The number of carbonyl (C=O) groups is 1. The summed E-state index contributed by atoms with van der Waals surface area (Å²) in [5.41, 5.74) is -1.60. The highest BCUT2D eigenvalue weighted by atomic mass is 19.4. The highest BCUT2D eigenvalue weighted by Crippen LogP contribution is 2.38. The van der Waals surface area contributed by atoms with Crippen LogP contribution < -0.4 is 5.32 Å². The lowest BCUT2D eigenvalue weighted by molar-refractivity contribution is -0.138. The summed E-state index contributed by atoms with van der Waals surface area (Å²) in [6.07, 6.45) is -4.74. The molecule has 0 spiro atoms. The van der Waals surface area contributed by atoms with E-state index in [0.29, 0.717) is 6.07 Å². The first-order chi connectivity index (χ1) is 10.2. The van der Waals surface area contributed by atoms with E-state index in [9.17, 15) is 28.2 Å². The van der Waals surface area contributed by atoms with Gasteiger partial charge >= 0.3 is 12.1 Å². The molecule has 22 heavy (non-hydrogen) atoms. The Hall–Kier alpha value is -2.90. The van der Waals surface area contributed by atoms with E-state index in [1.54, 1.807) is 0 Å². The molecule has 0 bridgehead atoms. The van der Waals surface area contributed by atoms with Gasteiger partial charge < -0.3 is 20.6 Å². The van der Waals surface area contributed by atoms with Crippen LogP contribution in [0.4, 0.5) is 24.5 Å². The van der Waals surface area contributed by atoms with Crippen LogP contribution in [0.5, 0.6) is 11.5 Å². The first-order valence-corrected chi connectivity index (χ1v) is 5.92. The van der Waals surface area contributed by atoms with Gasteiger partial charge in [0, 0.05) is 5.69 Å². The van der Waals surface area contributed by atoms with Gasteiger partial charge in [0.2, 0.25) is 0 Å². The molecular weight excluding hydrogens is 303 g/mol. The number of carboxylic acid groups (broad SMARTS) is 1. The lowest BCUT2D eigenvalue weighted by atomic mass is 10.1. The average Bonchev–Trinajstić information content (AvgIpc) is 2.41. The van der Waals surface area contributed by atoms with Crippen LogP contribution in [0.3, 0.4) is 0 Å². The minimum Gasteiger partial charge on any atom is -0.508 e. The fourth-order valence-corrected chi connectivity index (χ4v) is 1.81. The molecule has 0 aromatic heterocycles. The van der Waals surface area contributed by atoms with Crippen molar-refractivity contribution in [1.82, 2.24) is 0 Å². The van der Waals surface area contributed by atoms with E-state index in [2.05, 4.69) is 5.32 Å². The molecule has 0 aliphatic carbocycles. The van der Waals surface area contributed by atoms with Gasteiger partial charge in [0.25, 0.3) is 0 Å². The molecule has 0 aliphatic rings. The number of hydrogen-bond acceptors (Lipinski definition) is 4. The molecule has 8 heteroatoms. The second-order valence-electron chi connectivity index (χ2n) is 4.39. The van der Waals surface area contributed by atoms with Crippen LogP contribution in [0.1, 0.15) is 15.9 Å². The number of aromatic carboxylic acids is 1. The van der Waals surface area contributed by atoms with Crippen LogP contribution in [-0.2, 0) is 6.18 Å². The third kappa shape index (κ3) is 3.22. The molecule has 5 nitrogen and oxygen atoms in total. The number of rotatable bonds is 3. The van der Waals surface area contributed by atoms with Gasteiger partial charge in [-0.25, -0.2) is 4.79 Å². The SMILES string of the molecule is O=C(O)c1cc(O)ccc1Nc1ccc(O)c(C(F)(F)F)c1.